The number of nitrogens with one attached hydrogen (secondary N) is 1. The van der Waals surface area contributed by atoms with Gasteiger partial charge in [0.05, 0.1) is 6.42 Å². The van der Waals surface area contributed by atoms with E-state index < -0.39 is 24.5 Å². The Morgan fingerprint density at radius 2 is 1.65 bits per heavy atom. The van der Waals surface area contributed by atoms with E-state index in [-0.39, 0.29) is 27.2 Å². The van der Waals surface area contributed by atoms with Crippen LogP contribution in [0.15, 0.2) is 0 Å². The number of carboxylic acids is 2. The van der Waals surface area contributed by atoms with Gasteiger partial charge in [-0.2, -0.15) is 0 Å². The predicted molar refractivity (Wildman–Crippen MR) is 57.8 cm³/mol. The van der Waals surface area contributed by atoms with Gasteiger partial charge in [-0.3, -0.25) is 4.79 Å². The Kier molecular flexibility index (Phi) is 15.3. The van der Waals surface area contributed by atoms with Gasteiger partial charge in [0.25, 0.3) is 0 Å². The van der Waals surface area contributed by atoms with Crippen molar-refractivity contribution in [3.05, 3.63) is 11.9 Å². The molecule has 1 saturated carbocycles. The van der Waals surface area contributed by atoms with Crippen molar-refractivity contribution in [2.24, 2.45) is 0 Å². The smallest absolute Gasteiger partial charge is 0.693 e. The molecular weight excluding hydrogens is 411 g/mol. The molecule has 0 aromatic heterocycles. The standard InChI is InChI=1S/C5H10N.C4H6O5.H2N.Pt/c6-5-3-1-2-4-5;5-2(4(8)9)1-3(6)7;;/h5-6H,1-4H2;2,5H,1H2,(H,6,7)(H,8,9);1H2;/q-1;;-1;+2. The Bertz CT molecular complexity index is 221. The first kappa shape index (κ1) is 21.8. The minimum atomic E-state index is -1.79. The molecule has 1 aliphatic carbocycles. The van der Waals surface area contributed by atoms with Crippen molar-refractivity contribution in [2.75, 3.05) is 0 Å². The zero-order valence-corrected chi connectivity index (χ0v) is 11.5. The van der Waals surface area contributed by atoms with Crippen LogP contribution >= 0.6 is 0 Å². The molecule has 0 aromatic rings. The average Bonchev–Trinajstić information content (AvgIpc) is 2.55. The first-order valence-corrected chi connectivity index (χ1v) is 4.77. The van der Waals surface area contributed by atoms with Gasteiger partial charge in [0.2, 0.25) is 0 Å². The van der Waals surface area contributed by atoms with Gasteiger partial charge in [0.15, 0.2) is 6.10 Å². The number of nitrogens with two attached hydrogens (primary N) is 1. The average molecular weight is 429 g/mol. The predicted octanol–water partition coefficient (Wildman–Crippen LogP) is 1.60. The summed E-state index contributed by atoms with van der Waals surface area (Å²) in [6.07, 6.45) is 2.36. The van der Waals surface area contributed by atoms with E-state index in [1.54, 1.807) is 0 Å². The van der Waals surface area contributed by atoms with Gasteiger partial charge in [0.1, 0.15) is 0 Å². The molecule has 0 aromatic carbocycles. The molecule has 6 N–H and O–H groups in total. The van der Waals surface area contributed by atoms with Gasteiger partial charge in [0, 0.05) is 0 Å². The van der Waals surface area contributed by atoms with E-state index in [9.17, 15) is 9.59 Å². The minimum absolute atomic E-state index is 0. The largest absolute Gasteiger partial charge is 2.00 e. The quantitative estimate of drug-likeness (QED) is 0.622. The fraction of sp³-hybridized carbons (Fsp3) is 0.778. The van der Waals surface area contributed by atoms with Gasteiger partial charge < -0.3 is 27.2 Å². The van der Waals surface area contributed by atoms with Crippen LogP contribution in [0.25, 0.3) is 11.9 Å². The molecule has 8 heteroatoms. The Balaban J connectivity index is -0.000000216. The fourth-order valence-electron chi connectivity index (χ4n) is 1.18. The summed E-state index contributed by atoms with van der Waals surface area (Å²) in [5.74, 6) is -2.85. The molecule has 1 atom stereocenters. The van der Waals surface area contributed by atoms with Crippen molar-refractivity contribution < 1.29 is 46.0 Å². The van der Waals surface area contributed by atoms with Gasteiger partial charge in [-0.1, -0.05) is 25.7 Å². The summed E-state index contributed by atoms with van der Waals surface area (Å²) in [7, 11) is 0. The maximum absolute atomic E-state index is 9.72. The summed E-state index contributed by atoms with van der Waals surface area (Å²) in [5, 5.41) is 24.1. The number of carboxylic acid groups (broad SMARTS) is 2. The van der Waals surface area contributed by atoms with Gasteiger partial charge in [-0.15, -0.1) is 6.04 Å². The third kappa shape index (κ3) is 13.4. The summed E-state index contributed by atoms with van der Waals surface area (Å²) in [5.41, 5.74) is 7.13. The molecule has 0 aliphatic heterocycles. The summed E-state index contributed by atoms with van der Waals surface area (Å²) in [6.45, 7) is 0. The summed E-state index contributed by atoms with van der Waals surface area (Å²) >= 11 is 0. The minimum Gasteiger partial charge on any atom is -0.693 e. The van der Waals surface area contributed by atoms with E-state index in [1.807, 2.05) is 0 Å². The van der Waals surface area contributed by atoms with Gasteiger partial charge in [-0.25, -0.2) is 4.79 Å². The topological polar surface area (TPSA) is 152 Å². The molecule has 7 nitrogen and oxygen atoms in total. The van der Waals surface area contributed by atoms with Crippen LogP contribution in [-0.4, -0.2) is 39.4 Å². The maximum atomic E-state index is 9.72. The first-order chi connectivity index (χ1) is 6.93. The van der Waals surface area contributed by atoms with Crippen LogP contribution in [0.5, 0.6) is 0 Å². The Morgan fingerprint density at radius 1 is 1.24 bits per heavy atom. The third-order valence-electron chi connectivity index (χ3n) is 2.01. The van der Waals surface area contributed by atoms with Crippen LogP contribution in [0.3, 0.4) is 0 Å². The number of aliphatic carboxylic acids is 2. The number of aliphatic hydroxyl groups is 1. The molecule has 1 aliphatic rings. The second-order valence-corrected chi connectivity index (χ2v) is 3.43. The van der Waals surface area contributed by atoms with E-state index in [0.717, 1.165) is 12.8 Å². The molecule has 17 heavy (non-hydrogen) atoms. The van der Waals surface area contributed by atoms with Crippen LogP contribution in [0.4, 0.5) is 0 Å². The summed E-state index contributed by atoms with van der Waals surface area (Å²) in [6, 6.07) is 0.296. The Labute approximate surface area is 114 Å². The molecule has 1 unspecified atom stereocenters. The van der Waals surface area contributed by atoms with Crippen LogP contribution in [-0.2, 0) is 30.7 Å². The number of carbonyl (C=O) groups is 2. The zero-order chi connectivity index (χ0) is 11.8. The molecule has 0 amide bonds. The van der Waals surface area contributed by atoms with E-state index in [2.05, 4.69) is 0 Å². The van der Waals surface area contributed by atoms with E-state index in [4.69, 9.17) is 21.1 Å². The van der Waals surface area contributed by atoms with Crippen LogP contribution in [0.2, 0.25) is 0 Å². The zero-order valence-electron chi connectivity index (χ0n) is 9.24. The monoisotopic (exact) mass is 429 g/mol. The van der Waals surface area contributed by atoms with Crippen molar-refractivity contribution in [3.63, 3.8) is 0 Å². The van der Waals surface area contributed by atoms with Crippen molar-refractivity contribution >= 4 is 11.9 Å². The number of rotatable bonds is 3. The van der Waals surface area contributed by atoms with Crippen molar-refractivity contribution in [1.82, 2.24) is 0 Å². The number of hydrogen-bond acceptors (Lipinski definition) is 3. The third-order valence-corrected chi connectivity index (χ3v) is 2.01. The fourth-order valence-corrected chi connectivity index (χ4v) is 1.18. The Hall–Kier alpha value is -0.492. The molecule has 0 spiro atoms. The van der Waals surface area contributed by atoms with Gasteiger partial charge in [-0.05, 0) is 0 Å². The maximum Gasteiger partial charge on any atom is 2.00 e. The molecule has 0 radical (unpaired) electrons. The number of hydrogen-bond donors (Lipinski definition) is 3. The molecule has 0 bridgehead atoms. The summed E-state index contributed by atoms with van der Waals surface area (Å²) in [4.78, 5) is 19.4. The second kappa shape index (κ2) is 12.0. The molecule has 1 rings (SSSR count). The summed E-state index contributed by atoms with van der Waals surface area (Å²) < 4.78 is 0. The van der Waals surface area contributed by atoms with E-state index >= 15 is 0 Å². The van der Waals surface area contributed by atoms with Gasteiger partial charge >= 0.3 is 33.0 Å². The van der Waals surface area contributed by atoms with Crippen LogP contribution in [0, 0.1) is 0 Å². The molecular formula is C9H18N2O5Pt. The van der Waals surface area contributed by atoms with Crippen LogP contribution < -0.4 is 0 Å². The molecule has 104 valence electrons. The van der Waals surface area contributed by atoms with E-state index in [0.29, 0.717) is 6.04 Å². The Morgan fingerprint density at radius 3 is 1.76 bits per heavy atom. The van der Waals surface area contributed by atoms with Crippen molar-refractivity contribution in [1.29, 1.82) is 0 Å². The van der Waals surface area contributed by atoms with E-state index in [1.165, 1.54) is 12.8 Å². The first-order valence-electron chi connectivity index (χ1n) is 4.77. The molecule has 0 saturated heterocycles. The SMILES string of the molecule is O=C(O)CC(O)C(=O)O.[NH-]C1CCCC1.[NH2-].[Pt+2]. The molecule has 1 fully saturated rings. The number of aliphatic hydroxyl groups excluding tert-OH is 1. The second-order valence-electron chi connectivity index (χ2n) is 3.43. The molecule has 0 heterocycles. The normalized spacial score (nSPS) is 15.6. The van der Waals surface area contributed by atoms with Crippen LogP contribution in [0.1, 0.15) is 32.1 Å². The van der Waals surface area contributed by atoms with Crippen molar-refractivity contribution in [2.45, 2.75) is 44.2 Å². The van der Waals surface area contributed by atoms with Crippen molar-refractivity contribution in [3.8, 4) is 0 Å².